The highest BCUT2D eigenvalue weighted by molar-refractivity contribution is 9.10. The van der Waals surface area contributed by atoms with Crippen molar-refractivity contribution in [2.45, 2.75) is 19.8 Å². The SMILES string of the molecule is C=CCOc1ccc(Br)cc1/C=C1/SC(=O)N(CC(=O)OCCCC)C1=O. The number of carbonyl (C=O) groups excluding carboxylic acids is 3. The molecule has 1 aliphatic rings. The summed E-state index contributed by atoms with van der Waals surface area (Å²) < 4.78 is 11.4. The Hall–Kier alpha value is -2.06. The van der Waals surface area contributed by atoms with Crippen molar-refractivity contribution in [2.75, 3.05) is 19.8 Å². The summed E-state index contributed by atoms with van der Waals surface area (Å²) >= 11 is 4.17. The molecule has 0 aromatic heterocycles. The highest BCUT2D eigenvalue weighted by Crippen LogP contribution is 2.34. The molecule has 27 heavy (non-hydrogen) atoms. The van der Waals surface area contributed by atoms with E-state index in [0.29, 0.717) is 17.9 Å². The summed E-state index contributed by atoms with van der Waals surface area (Å²) in [5, 5.41) is -0.498. The molecule has 0 atom stereocenters. The topological polar surface area (TPSA) is 72.9 Å². The molecular formula is C19H20BrNO5S. The Balaban J connectivity index is 2.15. The van der Waals surface area contributed by atoms with E-state index in [9.17, 15) is 14.4 Å². The molecule has 0 bridgehead atoms. The third kappa shape index (κ3) is 5.97. The van der Waals surface area contributed by atoms with E-state index in [0.717, 1.165) is 34.0 Å². The summed E-state index contributed by atoms with van der Waals surface area (Å²) in [4.78, 5) is 37.6. The van der Waals surface area contributed by atoms with Crippen molar-refractivity contribution in [2.24, 2.45) is 0 Å². The van der Waals surface area contributed by atoms with Crippen LogP contribution in [-0.4, -0.2) is 41.8 Å². The fraction of sp³-hybridized carbons (Fsp3) is 0.316. The maximum atomic E-state index is 12.5. The lowest BCUT2D eigenvalue weighted by molar-refractivity contribution is -0.146. The molecule has 1 saturated heterocycles. The molecule has 2 amide bonds. The lowest BCUT2D eigenvalue weighted by Crippen LogP contribution is -2.34. The Labute approximate surface area is 170 Å². The summed E-state index contributed by atoms with van der Waals surface area (Å²) in [7, 11) is 0. The third-order valence-corrected chi connectivity index (χ3v) is 4.94. The lowest BCUT2D eigenvalue weighted by atomic mass is 10.2. The minimum absolute atomic E-state index is 0.225. The normalized spacial score (nSPS) is 15.3. The number of hydrogen-bond donors (Lipinski definition) is 0. The van der Waals surface area contributed by atoms with Crippen LogP contribution in [0.2, 0.25) is 0 Å². The Kier molecular flexibility index (Phi) is 8.12. The van der Waals surface area contributed by atoms with E-state index in [2.05, 4.69) is 22.5 Å². The maximum Gasteiger partial charge on any atom is 0.326 e. The van der Waals surface area contributed by atoms with E-state index in [1.165, 1.54) is 0 Å². The van der Waals surface area contributed by atoms with Crippen LogP contribution in [0.4, 0.5) is 4.79 Å². The first kappa shape index (κ1) is 21.2. The molecule has 8 heteroatoms. The molecule has 0 aliphatic carbocycles. The number of unbranched alkanes of at least 4 members (excludes halogenated alkanes) is 1. The van der Waals surface area contributed by atoms with Crippen molar-refractivity contribution >= 4 is 50.9 Å². The van der Waals surface area contributed by atoms with Crippen LogP contribution < -0.4 is 4.74 Å². The Morgan fingerprint density at radius 1 is 1.37 bits per heavy atom. The summed E-state index contributed by atoms with van der Waals surface area (Å²) in [5.74, 6) is -0.555. The second-order valence-electron chi connectivity index (χ2n) is 5.62. The van der Waals surface area contributed by atoms with Crippen LogP contribution in [0.25, 0.3) is 6.08 Å². The highest BCUT2D eigenvalue weighted by Gasteiger charge is 2.36. The summed E-state index contributed by atoms with van der Waals surface area (Å²) in [6.07, 6.45) is 4.82. The number of imide groups is 1. The molecule has 0 radical (unpaired) electrons. The van der Waals surface area contributed by atoms with Gasteiger partial charge in [-0.05, 0) is 42.5 Å². The van der Waals surface area contributed by atoms with Crippen molar-refractivity contribution in [3.05, 3.63) is 45.8 Å². The minimum Gasteiger partial charge on any atom is -0.489 e. The van der Waals surface area contributed by atoms with E-state index in [-0.39, 0.29) is 18.1 Å². The largest absolute Gasteiger partial charge is 0.489 e. The Morgan fingerprint density at radius 3 is 2.85 bits per heavy atom. The fourth-order valence-electron chi connectivity index (χ4n) is 2.19. The molecule has 0 N–H and O–H groups in total. The minimum atomic E-state index is -0.593. The quantitative estimate of drug-likeness (QED) is 0.239. The first-order chi connectivity index (χ1) is 13.0. The fourth-order valence-corrected chi connectivity index (χ4v) is 3.40. The van der Waals surface area contributed by atoms with Gasteiger partial charge in [0, 0.05) is 10.0 Å². The number of halogens is 1. The van der Waals surface area contributed by atoms with Gasteiger partial charge in [-0.2, -0.15) is 0 Å². The van der Waals surface area contributed by atoms with Gasteiger partial charge in [0.25, 0.3) is 11.1 Å². The number of nitrogens with zero attached hydrogens (tertiary/aromatic N) is 1. The summed E-state index contributed by atoms with van der Waals surface area (Å²) in [6.45, 7) is 5.79. The average molecular weight is 454 g/mol. The van der Waals surface area contributed by atoms with Gasteiger partial charge < -0.3 is 9.47 Å². The van der Waals surface area contributed by atoms with Gasteiger partial charge in [-0.3, -0.25) is 19.3 Å². The smallest absolute Gasteiger partial charge is 0.326 e. The molecular weight excluding hydrogens is 434 g/mol. The highest BCUT2D eigenvalue weighted by atomic mass is 79.9. The Bertz CT molecular complexity index is 777. The second kappa shape index (κ2) is 10.3. The van der Waals surface area contributed by atoms with E-state index >= 15 is 0 Å². The third-order valence-electron chi connectivity index (χ3n) is 3.54. The number of amides is 2. The van der Waals surface area contributed by atoms with Crippen LogP contribution in [-0.2, 0) is 14.3 Å². The van der Waals surface area contributed by atoms with E-state index < -0.39 is 17.1 Å². The van der Waals surface area contributed by atoms with Crippen molar-refractivity contribution in [1.82, 2.24) is 4.90 Å². The summed E-state index contributed by atoms with van der Waals surface area (Å²) in [5.41, 5.74) is 0.641. The first-order valence-electron chi connectivity index (χ1n) is 8.40. The molecule has 0 saturated carbocycles. The first-order valence-corrected chi connectivity index (χ1v) is 10.0. The zero-order chi connectivity index (χ0) is 19.8. The van der Waals surface area contributed by atoms with Gasteiger partial charge in [-0.1, -0.05) is 41.9 Å². The van der Waals surface area contributed by atoms with Crippen LogP contribution in [0.5, 0.6) is 5.75 Å². The molecule has 0 spiro atoms. The second-order valence-corrected chi connectivity index (χ2v) is 7.53. The van der Waals surface area contributed by atoms with Gasteiger partial charge in [0.15, 0.2) is 0 Å². The zero-order valence-electron chi connectivity index (χ0n) is 14.9. The number of esters is 1. The molecule has 2 rings (SSSR count). The number of hydrogen-bond acceptors (Lipinski definition) is 6. The molecule has 1 aliphatic heterocycles. The van der Waals surface area contributed by atoms with Crippen LogP contribution in [0, 0.1) is 0 Å². The Morgan fingerprint density at radius 2 is 2.15 bits per heavy atom. The van der Waals surface area contributed by atoms with Gasteiger partial charge in [0.2, 0.25) is 0 Å². The lowest BCUT2D eigenvalue weighted by Gasteiger charge is -2.11. The van der Waals surface area contributed by atoms with Crippen LogP contribution in [0.15, 0.2) is 40.2 Å². The summed E-state index contributed by atoms with van der Waals surface area (Å²) in [6, 6.07) is 5.36. The zero-order valence-corrected chi connectivity index (χ0v) is 17.3. The van der Waals surface area contributed by atoms with Gasteiger partial charge in [-0.15, -0.1) is 0 Å². The predicted molar refractivity (Wildman–Crippen MR) is 108 cm³/mol. The standard InChI is InChI=1S/C19H20BrNO5S/c1-3-5-9-26-17(22)12-21-18(23)16(27-19(21)24)11-13-10-14(20)6-7-15(13)25-8-4-2/h4,6-7,10-11H,2-3,5,8-9,12H2,1H3/b16-11+. The monoisotopic (exact) mass is 453 g/mol. The van der Waals surface area contributed by atoms with Crippen molar-refractivity contribution in [3.8, 4) is 5.75 Å². The molecule has 1 heterocycles. The molecule has 1 aromatic carbocycles. The van der Waals surface area contributed by atoms with Gasteiger partial charge >= 0.3 is 5.97 Å². The van der Waals surface area contributed by atoms with Crippen molar-refractivity contribution < 1.29 is 23.9 Å². The molecule has 6 nitrogen and oxygen atoms in total. The van der Waals surface area contributed by atoms with Crippen molar-refractivity contribution in [3.63, 3.8) is 0 Å². The van der Waals surface area contributed by atoms with E-state index in [1.807, 2.05) is 13.0 Å². The number of rotatable bonds is 9. The predicted octanol–water partition coefficient (Wildman–Crippen LogP) is 4.39. The van der Waals surface area contributed by atoms with Crippen LogP contribution in [0.1, 0.15) is 25.3 Å². The maximum absolute atomic E-state index is 12.5. The number of carbonyl (C=O) groups is 3. The van der Waals surface area contributed by atoms with Gasteiger partial charge in [-0.25, -0.2) is 0 Å². The average Bonchev–Trinajstić information content (AvgIpc) is 2.89. The van der Waals surface area contributed by atoms with E-state index in [1.54, 1.807) is 24.3 Å². The molecule has 1 aromatic rings. The van der Waals surface area contributed by atoms with Crippen molar-refractivity contribution in [1.29, 1.82) is 0 Å². The van der Waals surface area contributed by atoms with Crippen LogP contribution >= 0.6 is 27.7 Å². The van der Waals surface area contributed by atoms with E-state index in [4.69, 9.17) is 9.47 Å². The number of ether oxygens (including phenoxy) is 2. The number of thioether (sulfide) groups is 1. The molecule has 1 fully saturated rings. The van der Waals surface area contributed by atoms with Gasteiger partial charge in [0.05, 0.1) is 11.5 Å². The number of benzene rings is 1. The molecule has 0 unspecified atom stereocenters. The molecule has 144 valence electrons. The van der Waals surface area contributed by atoms with Crippen LogP contribution in [0.3, 0.4) is 0 Å². The van der Waals surface area contributed by atoms with Gasteiger partial charge in [0.1, 0.15) is 18.9 Å².